The molecular formula is C15H21BrN2O2. The Hall–Kier alpha value is -1.07. The van der Waals surface area contributed by atoms with Crippen LogP contribution in [0.2, 0.25) is 0 Å². The Morgan fingerprint density at radius 3 is 2.90 bits per heavy atom. The van der Waals surface area contributed by atoms with E-state index in [4.69, 9.17) is 5.73 Å². The third kappa shape index (κ3) is 2.99. The number of carbonyl (C=O) groups is 1. The van der Waals surface area contributed by atoms with Gasteiger partial charge >= 0.3 is 0 Å². The van der Waals surface area contributed by atoms with Crippen molar-refractivity contribution in [1.29, 1.82) is 0 Å². The predicted molar refractivity (Wildman–Crippen MR) is 82.7 cm³/mol. The lowest BCUT2D eigenvalue weighted by atomic mass is 9.73. The van der Waals surface area contributed by atoms with Crippen molar-refractivity contribution < 1.29 is 9.90 Å². The van der Waals surface area contributed by atoms with Gasteiger partial charge in [0.1, 0.15) is 5.75 Å². The summed E-state index contributed by atoms with van der Waals surface area (Å²) in [5.74, 6) is 0.261. The molecule has 2 rings (SSSR count). The number of rotatable bonds is 3. The molecule has 0 heterocycles. The van der Waals surface area contributed by atoms with Crippen molar-refractivity contribution in [2.45, 2.75) is 38.1 Å². The molecule has 0 bridgehead atoms. The quantitative estimate of drug-likeness (QED) is 0.791. The van der Waals surface area contributed by atoms with Crippen molar-refractivity contribution in [1.82, 2.24) is 5.32 Å². The van der Waals surface area contributed by atoms with Crippen LogP contribution in [-0.2, 0) is 0 Å². The van der Waals surface area contributed by atoms with Gasteiger partial charge in [0, 0.05) is 12.1 Å². The van der Waals surface area contributed by atoms with Crippen LogP contribution >= 0.6 is 15.9 Å². The number of hydrogen-bond acceptors (Lipinski definition) is 3. The fraction of sp³-hybridized carbons (Fsp3) is 0.533. The largest absolute Gasteiger partial charge is 0.507 e. The van der Waals surface area contributed by atoms with Gasteiger partial charge in [-0.15, -0.1) is 0 Å². The zero-order valence-electron chi connectivity index (χ0n) is 11.7. The zero-order valence-corrected chi connectivity index (χ0v) is 13.2. The molecule has 0 aliphatic heterocycles. The van der Waals surface area contributed by atoms with Crippen LogP contribution in [0, 0.1) is 5.92 Å². The topological polar surface area (TPSA) is 75.3 Å². The number of halogens is 1. The van der Waals surface area contributed by atoms with Crippen LogP contribution in [-0.4, -0.2) is 23.1 Å². The van der Waals surface area contributed by atoms with Crippen LogP contribution in [0.15, 0.2) is 22.7 Å². The highest BCUT2D eigenvalue weighted by Gasteiger charge is 2.38. The van der Waals surface area contributed by atoms with E-state index in [0.717, 1.165) is 19.3 Å². The van der Waals surface area contributed by atoms with E-state index < -0.39 is 0 Å². The number of amides is 1. The molecule has 0 saturated heterocycles. The van der Waals surface area contributed by atoms with Crippen molar-refractivity contribution in [3.05, 3.63) is 28.2 Å². The number of aromatic hydroxyl groups is 1. The standard InChI is InChI=1S/C15H21BrN2O2/c1-10-4-2-3-7-15(10,9-17)18-14(20)11-5-6-12(16)13(19)8-11/h5-6,8,10,19H,2-4,7,9,17H2,1H3,(H,18,20). The fourth-order valence-corrected chi connectivity index (χ4v) is 3.15. The van der Waals surface area contributed by atoms with E-state index in [0.29, 0.717) is 22.5 Å². The maximum atomic E-state index is 12.4. The van der Waals surface area contributed by atoms with Gasteiger partial charge in [0.25, 0.3) is 5.91 Å². The second-order valence-corrected chi connectivity index (χ2v) is 6.48. The molecule has 1 aromatic rings. The molecule has 2 atom stereocenters. The molecule has 1 fully saturated rings. The molecule has 1 aromatic carbocycles. The monoisotopic (exact) mass is 340 g/mol. The van der Waals surface area contributed by atoms with Gasteiger partial charge in [-0.1, -0.05) is 19.8 Å². The van der Waals surface area contributed by atoms with Gasteiger partial charge in [0.05, 0.1) is 10.0 Å². The van der Waals surface area contributed by atoms with Crippen LogP contribution in [0.5, 0.6) is 5.75 Å². The third-order valence-corrected chi connectivity index (χ3v) is 5.06. The maximum absolute atomic E-state index is 12.4. The summed E-state index contributed by atoms with van der Waals surface area (Å²) in [6.07, 6.45) is 4.28. The van der Waals surface area contributed by atoms with Gasteiger partial charge in [0.15, 0.2) is 0 Å². The Kier molecular flexibility index (Phi) is 4.70. The van der Waals surface area contributed by atoms with E-state index in [-0.39, 0.29) is 17.2 Å². The second kappa shape index (κ2) is 6.14. The molecular weight excluding hydrogens is 320 g/mol. The van der Waals surface area contributed by atoms with Crippen LogP contribution in [0.1, 0.15) is 43.0 Å². The lowest BCUT2D eigenvalue weighted by Crippen LogP contribution is -2.59. The molecule has 1 aliphatic carbocycles. The molecule has 110 valence electrons. The molecule has 20 heavy (non-hydrogen) atoms. The summed E-state index contributed by atoms with van der Waals surface area (Å²) < 4.78 is 0.577. The number of nitrogens with one attached hydrogen (secondary N) is 1. The highest BCUT2D eigenvalue weighted by molar-refractivity contribution is 9.10. The Bertz CT molecular complexity index is 507. The molecule has 5 heteroatoms. The Balaban J connectivity index is 2.18. The van der Waals surface area contributed by atoms with Gasteiger partial charge in [-0.2, -0.15) is 0 Å². The third-order valence-electron chi connectivity index (χ3n) is 4.39. The molecule has 1 amide bonds. The summed E-state index contributed by atoms with van der Waals surface area (Å²) in [4.78, 5) is 12.4. The molecule has 0 aromatic heterocycles. The van der Waals surface area contributed by atoms with Gasteiger partial charge in [0.2, 0.25) is 0 Å². The van der Waals surface area contributed by atoms with Crippen LogP contribution in [0.4, 0.5) is 0 Å². The first-order valence-electron chi connectivity index (χ1n) is 6.99. The molecule has 2 unspecified atom stereocenters. The van der Waals surface area contributed by atoms with E-state index >= 15 is 0 Å². The number of phenols is 1. The van der Waals surface area contributed by atoms with Crippen molar-refractivity contribution in [2.24, 2.45) is 11.7 Å². The molecule has 0 radical (unpaired) electrons. The van der Waals surface area contributed by atoms with Crippen LogP contribution in [0.25, 0.3) is 0 Å². The number of phenolic OH excluding ortho intramolecular Hbond substituents is 1. The maximum Gasteiger partial charge on any atom is 0.251 e. The van der Waals surface area contributed by atoms with Gasteiger partial charge < -0.3 is 16.2 Å². The number of carbonyl (C=O) groups excluding carboxylic acids is 1. The first kappa shape index (κ1) is 15.3. The Labute approximate surface area is 127 Å². The summed E-state index contributed by atoms with van der Waals surface area (Å²) in [5.41, 5.74) is 6.07. The van der Waals surface area contributed by atoms with E-state index in [1.54, 1.807) is 12.1 Å². The van der Waals surface area contributed by atoms with E-state index in [1.165, 1.54) is 12.5 Å². The minimum Gasteiger partial charge on any atom is -0.507 e. The Morgan fingerprint density at radius 2 is 2.30 bits per heavy atom. The van der Waals surface area contributed by atoms with Crippen molar-refractivity contribution in [2.75, 3.05) is 6.54 Å². The summed E-state index contributed by atoms with van der Waals surface area (Å²) in [6.45, 7) is 2.59. The second-order valence-electron chi connectivity index (χ2n) is 5.63. The van der Waals surface area contributed by atoms with E-state index in [2.05, 4.69) is 28.2 Å². The molecule has 1 aliphatic rings. The lowest BCUT2D eigenvalue weighted by molar-refractivity contribution is 0.0812. The van der Waals surface area contributed by atoms with E-state index in [1.807, 2.05) is 0 Å². The van der Waals surface area contributed by atoms with Gasteiger partial charge in [-0.25, -0.2) is 0 Å². The summed E-state index contributed by atoms with van der Waals surface area (Å²) in [7, 11) is 0. The first-order chi connectivity index (χ1) is 9.48. The highest BCUT2D eigenvalue weighted by Crippen LogP contribution is 2.33. The van der Waals surface area contributed by atoms with Crippen molar-refractivity contribution in [3.8, 4) is 5.75 Å². The highest BCUT2D eigenvalue weighted by atomic mass is 79.9. The normalized spacial score (nSPS) is 26.2. The van der Waals surface area contributed by atoms with Gasteiger partial charge in [-0.3, -0.25) is 4.79 Å². The number of benzene rings is 1. The fourth-order valence-electron chi connectivity index (χ4n) is 2.91. The minimum atomic E-state index is -0.321. The van der Waals surface area contributed by atoms with Gasteiger partial charge in [-0.05, 0) is 52.9 Å². The smallest absolute Gasteiger partial charge is 0.251 e. The summed E-state index contributed by atoms with van der Waals surface area (Å²) in [6, 6.07) is 4.83. The molecule has 0 spiro atoms. The Morgan fingerprint density at radius 1 is 1.55 bits per heavy atom. The number of nitrogens with two attached hydrogens (primary N) is 1. The molecule has 1 saturated carbocycles. The van der Waals surface area contributed by atoms with Crippen LogP contribution < -0.4 is 11.1 Å². The minimum absolute atomic E-state index is 0.0659. The SMILES string of the molecule is CC1CCCCC1(CN)NC(=O)c1ccc(Br)c(O)c1. The van der Waals surface area contributed by atoms with Crippen LogP contribution in [0.3, 0.4) is 0 Å². The lowest BCUT2D eigenvalue weighted by Gasteiger charge is -2.42. The van der Waals surface area contributed by atoms with E-state index in [9.17, 15) is 9.90 Å². The summed E-state index contributed by atoms with van der Waals surface area (Å²) in [5, 5.41) is 12.8. The first-order valence-corrected chi connectivity index (χ1v) is 7.79. The number of hydrogen-bond donors (Lipinski definition) is 3. The molecule has 4 nitrogen and oxygen atoms in total. The molecule has 4 N–H and O–H groups in total. The van der Waals surface area contributed by atoms with Crippen molar-refractivity contribution >= 4 is 21.8 Å². The summed E-state index contributed by atoms with van der Waals surface area (Å²) >= 11 is 3.21. The predicted octanol–water partition coefficient (Wildman–Crippen LogP) is 2.79. The zero-order chi connectivity index (χ0) is 14.8. The van der Waals surface area contributed by atoms with Crippen molar-refractivity contribution in [3.63, 3.8) is 0 Å². The average molecular weight is 341 g/mol. The average Bonchev–Trinajstić information content (AvgIpc) is 2.44.